The number of carbonyl (C=O) groups excluding carboxylic acids is 1. The van der Waals surface area contributed by atoms with E-state index in [-0.39, 0.29) is 5.97 Å². The summed E-state index contributed by atoms with van der Waals surface area (Å²) in [6, 6.07) is 11.8. The first-order valence-electron chi connectivity index (χ1n) is 9.44. The summed E-state index contributed by atoms with van der Waals surface area (Å²) in [6.45, 7) is 5.23. The van der Waals surface area contributed by atoms with Gasteiger partial charge in [0.15, 0.2) is 0 Å². The van der Waals surface area contributed by atoms with Gasteiger partial charge in [0, 0.05) is 18.6 Å². The van der Waals surface area contributed by atoms with E-state index in [1.54, 1.807) is 0 Å². The summed E-state index contributed by atoms with van der Waals surface area (Å²) in [4.78, 5) is 13.6. The van der Waals surface area contributed by atoms with Gasteiger partial charge >= 0.3 is 5.97 Å². The normalized spacial score (nSPS) is 25.0. The van der Waals surface area contributed by atoms with Crippen molar-refractivity contribution in [1.82, 2.24) is 10.2 Å². The van der Waals surface area contributed by atoms with Gasteiger partial charge in [-0.2, -0.15) is 0 Å². The number of benzene rings is 1. The fraction of sp³-hybridized carbons (Fsp3) is 0.571. The quantitative estimate of drug-likeness (QED) is 0.773. The number of nitrogens with zero attached hydrogens (tertiary/aromatic N) is 1. The molecule has 25 heavy (non-hydrogen) atoms. The Kier molecular flexibility index (Phi) is 6.27. The summed E-state index contributed by atoms with van der Waals surface area (Å²) in [5, 5.41) is 3.85. The van der Waals surface area contributed by atoms with Crippen LogP contribution in [0, 0.1) is 5.92 Å². The second kappa shape index (κ2) is 8.63. The topological polar surface area (TPSA) is 41.6 Å². The van der Waals surface area contributed by atoms with Crippen LogP contribution in [-0.2, 0) is 9.53 Å². The van der Waals surface area contributed by atoms with Crippen molar-refractivity contribution in [2.45, 2.75) is 44.7 Å². The van der Waals surface area contributed by atoms with E-state index < -0.39 is 0 Å². The standard InChI is InChI=1S/C21H30N2O2/c1-16(14-17-6-4-3-5-7-17)19-15-20(19)22-18-8-11-23(12-9-18)13-10-21(24)25-2/h3-7,14,18-20,22H,8-13,15H2,1-2H3/t19-,20+/m0/s1. The van der Waals surface area contributed by atoms with Crippen LogP contribution in [0.5, 0.6) is 0 Å². The highest BCUT2D eigenvalue weighted by Crippen LogP contribution is 2.38. The van der Waals surface area contributed by atoms with Crippen molar-refractivity contribution in [2.24, 2.45) is 5.92 Å². The third-order valence-electron chi connectivity index (χ3n) is 5.47. The van der Waals surface area contributed by atoms with Crippen molar-refractivity contribution in [2.75, 3.05) is 26.7 Å². The summed E-state index contributed by atoms with van der Waals surface area (Å²) in [7, 11) is 1.46. The van der Waals surface area contributed by atoms with E-state index in [1.165, 1.54) is 37.5 Å². The fourth-order valence-electron chi connectivity index (χ4n) is 3.78. The maximum absolute atomic E-state index is 11.2. The summed E-state index contributed by atoms with van der Waals surface area (Å²) in [5.41, 5.74) is 2.78. The van der Waals surface area contributed by atoms with Crippen LogP contribution < -0.4 is 5.32 Å². The molecule has 1 saturated heterocycles. The van der Waals surface area contributed by atoms with Crippen molar-refractivity contribution < 1.29 is 9.53 Å². The number of esters is 1. The molecular formula is C21H30N2O2. The molecule has 1 N–H and O–H groups in total. The Morgan fingerprint density at radius 2 is 2.00 bits per heavy atom. The fourth-order valence-corrected chi connectivity index (χ4v) is 3.78. The van der Waals surface area contributed by atoms with Gasteiger partial charge in [-0.3, -0.25) is 4.79 Å². The number of methoxy groups -OCH3 is 1. The van der Waals surface area contributed by atoms with Crippen LogP contribution in [0.25, 0.3) is 6.08 Å². The van der Waals surface area contributed by atoms with Gasteiger partial charge in [-0.25, -0.2) is 0 Å². The lowest BCUT2D eigenvalue weighted by atomic mass is 10.0. The average molecular weight is 342 g/mol. The van der Waals surface area contributed by atoms with Gasteiger partial charge in [-0.05, 0) is 50.8 Å². The van der Waals surface area contributed by atoms with Crippen LogP contribution >= 0.6 is 0 Å². The highest BCUT2D eigenvalue weighted by molar-refractivity contribution is 5.69. The van der Waals surface area contributed by atoms with Crippen molar-refractivity contribution in [3.8, 4) is 0 Å². The van der Waals surface area contributed by atoms with E-state index in [1.807, 2.05) is 0 Å². The van der Waals surface area contributed by atoms with Gasteiger partial charge in [-0.1, -0.05) is 42.0 Å². The van der Waals surface area contributed by atoms with Crippen molar-refractivity contribution in [3.05, 3.63) is 41.5 Å². The third-order valence-corrected chi connectivity index (χ3v) is 5.47. The zero-order chi connectivity index (χ0) is 17.6. The molecule has 0 unspecified atom stereocenters. The molecule has 0 bridgehead atoms. The number of likely N-dealkylation sites (tertiary alicyclic amines) is 1. The lowest BCUT2D eigenvalue weighted by Gasteiger charge is -2.32. The molecule has 0 spiro atoms. The highest BCUT2D eigenvalue weighted by Gasteiger charge is 2.39. The SMILES string of the molecule is COC(=O)CCN1CCC(N[C@@H]2C[C@H]2C(C)=Cc2ccccc2)CC1. The summed E-state index contributed by atoms with van der Waals surface area (Å²) in [6.07, 6.45) is 6.43. The van der Waals surface area contributed by atoms with Crippen LogP contribution in [0.1, 0.15) is 38.2 Å². The molecular weight excluding hydrogens is 312 g/mol. The zero-order valence-electron chi connectivity index (χ0n) is 15.4. The van der Waals surface area contributed by atoms with E-state index >= 15 is 0 Å². The Labute approximate surface area is 151 Å². The third kappa shape index (κ3) is 5.41. The highest BCUT2D eigenvalue weighted by atomic mass is 16.5. The number of hydrogen-bond donors (Lipinski definition) is 1. The van der Waals surface area contributed by atoms with E-state index in [4.69, 9.17) is 4.74 Å². The Bertz CT molecular complexity index is 591. The molecule has 1 aromatic rings. The molecule has 1 saturated carbocycles. The average Bonchev–Trinajstić information content (AvgIpc) is 3.41. The molecule has 4 nitrogen and oxygen atoms in total. The Hall–Kier alpha value is -1.65. The van der Waals surface area contributed by atoms with E-state index in [0.717, 1.165) is 19.6 Å². The van der Waals surface area contributed by atoms with Crippen molar-refractivity contribution in [1.29, 1.82) is 0 Å². The van der Waals surface area contributed by atoms with Crippen LogP contribution in [0.2, 0.25) is 0 Å². The largest absolute Gasteiger partial charge is 0.469 e. The molecule has 136 valence electrons. The molecule has 1 aliphatic heterocycles. The number of nitrogens with one attached hydrogen (secondary N) is 1. The molecule has 0 amide bonds. The monoisotopic (exact) mass is 342 g/mol. The van der Waals surface area contributed by atoms with Gasteiger partial charge in [0.25, 0.3) is 0 Å². The summed E-state index contributed by atoms with van der Waals surface area (Å²) < 4.78 is 4.72. The second-order valence-corrected chi connectivity index (χ2v) is 7.36. The lowest BCUT2D eigenvalue weighted by Crippen LogP contribution is -2.44. The van der Waals surface area contributed by atoms with E-state index in [0.29, 0.717) is 24.4 Å². The van der Waals surface area contributed by atoms with Gasteiger partial charge < -0.3 is 15.0 Å². The molecule has 1 aliphatic carbocycles. The van der Waals surface area contributed by atoms with E-state index in [9.17, 15) is 4.79 Å². The molecule has 0 aromatic heterocycles. The Morgan fingerprint density at radius 1 is 1.28 bits per heavy atom. The maximum Gasteiger partial charge on any atom is 0.306 e. The number of piperidine rings is 1. The van der Waals surface area contributed by atoms with Crippen LogP contribution in [0.15, 0.2) is 35.9 Å². The lowest BCUT2D eigenvalue weighted by molar-refractivity contribution is -0.141. The van der Waals surface area contributed by atoms with Crippen LogP contribution in [0.4, 0.5) is 0 Å². The molecule has 4 heteroatoms. The van der Waals surface area contributed by atoms with Crippen molar-refractivity contribution in [3.63, 3.8) is 0 Å². The van der Waals surface area contributed by atoms with Crippen LogP contribution in [-0.4, -0.2) is 49.7 Å². The predicted octanol–water partition coefficient (Wildman–Crippen LogP) is 3.10. The minimum atomic E-state index is -0.109. The minimum absolute atomic E-state index is 0.109. The number of carbonyl (C=O) groups is 1. The predicted molar refractivity (Wildman–Crippen MR) is 101 cm³/mol. The number of rotatable bonds is 7. The van der Waals surface area contributed by atoms with Gasteiger partial charge in [-0.15, -0.1) is 0 Å². The maximum atomic E-state index is 11.2. The molecule has 2 atom stereocenters. The molecule has 2 fully saturated rings. The number of ether oxygens (including phenoxy) is 1. The van der Waals surface area contributed by atoms with Crippen molar-refractivity contribution >= 4 is 12.0 Å². The van der Waals surface area contributed by atoms with E-state index in [2.05, 4.69) is 53.5 Å². The van der Waals surface area contributed by atoms with Gasteiger partial charge in [0.05, 0.1) is 13.5 Å². The number of hydrogen-bond acceptors (Lipinski definition) is 4. The molecule has 1 heterocycles. The molecule has 2 aliphatic rings. The smallest absolute Gasteiger partial charge is 0.306 e. The Morgan fingerprint density at radius 3 is 2.68 bits per heavy atom. The first kappa shape index (κ1) is 18.2. The molecule has 0 radical (unpaired) electrons. The second-order valence-electron chi connectivity index (χ2n) is 7.36. The molecule has 1 aromatic carbocycles. The summed E-state index contributed by atoms with van der Waals surface area (Å²) in [5.74, 6) is 0.583. The van der Waals surface area contributed by atoms with Crippen LogP contribution in [0.3, 0.4) is 0 Å². The first-order chi connectivity index (χ1) is 12.2. The minimum Gasteiger partial charge on any atom is -0.469 e. The molecule has 3 rings (SSSR count). The Balaban J connectivity index is 1.38. The van der Waals surface area contributed by atoms with Gasteiger partial charge in [0.2, 0.25) is 0 Å². The summed E-state index contributed by atoms with van der Waals surface area (Å²) >= 11 is 0. The first-order valence-corrected chi connectivity index (χ1v) is 9.44. The van der Waals surface area contributed by atoms with Gasteiger partial charge in [0.1, 0.15) is 0 Å². The zero-order valence-corrected chi connectivity index (χ0v) is 15.4.